The van der Waals surface area contributed by atoms with Crippen LogP contribution in [0.25, 0.3) is 0 Å². The number of fused-ring (bicyclic) bond motifs is 1. The molecule has 0 radical (unpaired) electrons. The van der Waals surface area contributed by atoms with Gasteiger partial charge in [0, 0.05) is 31.6 Å². The Labute approximate surface area is 226 Å². The van der Waals surface area contributed by atoms with Crippen LogP contribution in [0.5, 0.6) is 11.5 Å². The van der Waals surface area contributed by atoms with Crippen LogP contribution in [0, 0.1) is 6.92 Å². The minimum atomic E-state index is -3.61. The lowest BCUT2D eigenvalue weighted by molar-refractivity contribution is -0.141. The molecule has 2 amide bonds. The molecular formula is C28H39N3O6S. The predicted molar refractivity (Wildman–Crippen MR) is 148 cm³/mol. The van der Waals surface area contributed by atoms with Gasteiger partial charge in [0.25, 0.3) is 0 Å². The number of ether oxygens (including phenoxy) is 2. The zero-order valence-corrected chi connectivity index (χ0v) is 23.7. The van der Waals surface area contributed by atoms with E-state index in [-0.39, 0.29) is 44.0 Å². The van der Waals surface area contributed by atoms with E-state index in [1.54, 1.807) is 23.1 Å². The van der Waals surface area contributed by atoms with Crippen molar-refractivity contribution in [1.29, 1.82) is 0 Å². The molecule has 1 aliphatic heterocycles. The van der Waals surface area contributed by atoms with Crippen molar-refractivity contribution in [3.63, 3.8) is 0 Å². The molecule has 10 heteroatoms. The Balaban J connectivity index is 1.77. The molecule has 1 aliphatic rings. The van der Waals surface area contributed by atoms with Gasteiger partial charge in [-0.3, -0.25) is 13.9 Å². The molecule has 0 aromatic heterocycles. The van der Waals surface area contributed by atoms with Crippen LogP contribution in [-0.4, -0.2) is 56.8 Å². The summed E-state index contributed by atoms with van der Waals surface area (Å²) in [6.07, 6.45) is 2.77. The minimum absolute atomic E-state index is 0.00279. The van der Waals surface area contributed by atoms with Crippen molar-refractivity contribution in [2.24, 2.45) is 0 Å². The maximum atomic E-state index is 13.6. The van der Waals surface area contributed by atoms with Crippen LogP contribution in [-0.2, 0) is 26.2 Å². The molecule has 208 valence electrons. The average molecular weight is 546 g/mol. The summed E-state index contributed by atoms with van der Waals surface area (Å²) in [6, 6.07) is 12.1. The molecule has 0 aliphatic carbocycles. The molecule has 0 spiro atoms. The standard InChI is InChI=1S/C28H39N3O6S/c1-6-21(4)29-28(33)24(7-2)30(18-22-12-9-8-11-20(22)3)27(32)13-10-16-31(38(5,34)35)23-14-15-25-26(17-23)37-19-36-25/h8-9,11-12,14-15,17,21,24H,6-7,10,13,16,18-19H2,1-5H3,(H,29,33)/t21-,24+/m0/s1. The molecule has 0 unspecified atom stereocenters. The van der Waals surface area contributed by atoms with Crippen molar-refractivity contribution in [3.8, 4) is 11.5 Å². The van der Waals surface area contributed by atoms with Gasteiger partial charge in [-0.2, -0.15) is 0 Å². The Morgan fingerprint density at radius 1 is 1.05 bits per heavy atom. The van der Waals surface area contributed by atoms with Gasteiger partial charge in [-0.15, -0.1) is 0 Å². The van der Waals surface area contributed by atoms with Crippen LogP contribution in [0.3, 0.4) is 0 Å². The highest BCUT2D eigenvalue weighted by Gasteiger charge is 2.30. The number of benzene rings is 2. The molecule has 0 bridgehead atoms. The van der Waals surface area contributed by atoms with Crippen LogP contribution < -0.4 is 19.1 Å². The summed E-state index contributed by atoms with van der Waals surface area (Å²) in [5.41, 5.74) is 2.45. The topological polar surface area (TPSA) is 105 Å². The normalized spacial score (nSPS) is 14.0. The van der Waals surface area contributed by atoms with Gasteiger partial charge >= 0.3 is 0 Å². The quantitative estimate of drug-likeness (QED) is 0.408. The largest absolute Gasteiger partial charge is 0.454 e. The molecule has 3 rings (SSSR count). The highest BCUT2D eigenvalue weighted by Crippen LogP contribution is 2.36. The number of hydrogen-bond donors (Lipinski definition) is 1. The van der Waals surface area contributed by atoms with E-state index >= 15 is 0 Å². The van der Waals surface area contributed by atoms with Crippen LogP contribution in [0.1, 0.15) is 57.6 Å². The third-order valence-corrected chi connectivity index (χ3v) is 7.98. The lowest BCUT2D eigenvalue weighted by Gasteiger charge is -2.32. The second-order valence-corrected chi connectivity index (χ2v) is 11.6. The summed E-state index contributed by atoms with van der Waals surface area (Å²) < 4.78 is 37.2. The van der Waals surface area contributed by atoms with Crippen molar-refractivity contribution in [2.45, 2.75) is 72.0 Å². The lowest BCUT2D eigenvalue weighted by Crippen LogP contribution is -2.50. The third-order valence-electron chi connectivity index (χ3n) is 6.79. The summed E-state index contributed by atoms with van der Waals surface area (Å²) in [5.74, 6) is 0.667. The molecule has 38 heavy (non-hydrogen) atoms. The summed E-state index contributed by atoms with van der Waals surface area (Å²) in [4.78, 5) is 28.4. The average Bonchev–Trinajstić information content (AvgIpc) is 3.34. The van der Waals surface area contributed by atoms with Crippen LogP contribution in [0.15, 0.2) is 42.5 Å². The monoisotopic (exact) mass is 545 g/mol. The van der Waals surface area contributed by atoms with Gasteiger partial charge < -0.3 is 19.7 Å². The van der Waals surface area contributed by atoms with E-state index in [0.717, 1.165) is 23.8 Å². The van der Waals surface area contributed by atoms with E-state index in [1.807, 2.05) is 52.0 Å². The third kappa shape index (κ3) is 7.40. The molecule has 0 saturated carbocycles. The predicted octanol–water partition coefficient (Wildman–Crippen LogP) is 3.99. The van der Waals surface area contributed by atoms with Crippen molar-refractivity contribution in [1.82, 2.24) is 10.2 Å². The highest BCUT2D eigenvalue weighted by atomic mass is 32.2. The Hall–Kier alpha value is -3.27. The number of carbonyl (C=O) groups excluding carboxylic acids is 2. The van der Waals surface area contributed by atoms with Crippen molar-refractivity contribution in [3.05, 3.63) is 53.6 Å². The Bertz CT molecular complexity index is 1230. The molecular weight excluding hydrogens is 506 g/mol. The Morgan fingerprint density at radius 2 is 1.76 bits per heavy atom. The number of rotatable bonds is 13. The molecule has 2 aromatic rings. The van der Waals surface area contributed by atoms with Gasteiger partial charge in [-0.1, -0.05) is 38.1 Å². The summed E-state index contributed by atoms with van der Waals surface area (Å²) in [6.45, 7) is 8.31. The zero-order valence-electron chi connectivity index (χ0n) is 22.9. The maximum Gasteiger partial charge on any atom is 0.243 e. The van der Waals surface area contributed by atoms with Crippen molar-refractivity contribution < 1.29 is 27.5 Å². The van der Waals surface area contributed by atoms with Gasteiger partial charge in [0.05, 0.1) is 11.9 Å². The first-order valence-corrected chi connectivity index (χ1v) is 14.9. The molecule has 1 N–H and O–H groups in total. The first-order chi connectivity index (χ1) is 18.0. The fraction of sp³-hybridized carbons (Fsp3) is 0.500. The first kappa shape index (κ1) is 29.3. The molecule has 1 heterocycles. The first-order valence-electron chi connectivity index (χ1n) is 13.1. The number of aryl methyl sites for hydroxylation is 1. The second kappa shape index (κ2) is 13.0. The summed E-state index contributed by atoms with van der Waals surface area (Å²) in [7, 11) is -3.61. The van der Waals surface area contributed by atoms with Crippen molar-refractivity contribution >= 4 is 27.5 Å². The van der Waals surface area contributed by atoms with Crippen LogP contribution in [0.4, 0.5) is 5.69 Å². The fourth-order valence-electron chi connectivity index (χ4n) is 4.38. The van der Waals surface area contributed by atoms with Gasteiger partial charge in [0.15, 0.2) is 11.5 Å². The molecule has 0 fully saturated rings. The summed E-state index contributed by atoms with van der Waals surface area (Å²) >= 11 is 0. The van der Waals surface area contributed by atoms with E-state index in [0.29, 0.717) is 30.2 Å². The van der Waals surface area contributed by atoms with E-state index < -0.39 is 16.1 Å². The zero-order chi connectivity index (χ0) is 27.9. The number of carbonyl (C=O) groups is 2. The Kier molecular flexibility index (Phi) is 10.0. The Morgan fingerprint density at radius 3 is 2.42 bits per heavy atom. The molecule has 9 nitrogen and oxygen atoms in total. The van der Waals surface area contributed by atoms with E-state index in [2.05, 4.69) is 5.32 Å². The number of hydrogen-bond acceptors (Lipinski definition) is 6. The molecule has 2 aromatic carbocycles. The second-order valence-electron chi connectivity index (χ2n) is 9.67. The smallest absolute Gasteiger partial charge is 0.243 e. The number of nitrogens with zero attached hydrogens (tertiary/aromatic N) is 2. The van der Waals surface area contributed by atoms with E-state index in [9.17, 15) is 18.0 Å². The fourth-order valence-corrected chi connectivity index (χ4v) is 5.33. The van der Waals surface area contributed by atoms with E-state index in [4.69, 9.17) is 9.47 Å². The summed E-state index contributed by atoms with van der Waals surface area (Å²) in [5, 5.41) is 3.01. The van der Waals surface area contributed by atoms with Crippen molar-refractivity contribution in [2.75, 3.05) is 23.9 Å². The SMILES string of the molecule is CC[C@H](C(=O)N[C@@H](C)CC)N(Cc1ccccc1C)C(=O)CCCN(c1ccc2c(c1)OCO2)S(C)(=O)=O. The lowest BCUT2D eigenvalue weighted by atomic mass is 10.0. The van der Waals surface area contributed by atoms with Gasteiger partial charge in [-0.25, -0.2) is 8.42 Å². The van der Waals surface area contributed by atoms with Crippen LogP contribution >= 0.6 is 0 Å². The maximum absolute atomic E-state index is 13.6. The molecule has 0 saturated heterocycles. The van der Waals surface area contributed by atoms with Gasteiger partial charge in [-0.05, 0) is 56.4 Å². The van der Waals surface area contributed by atoms with E-state index in [1.165, 1.54) is 4.31 Å². The number of amides is 2. The number of nitrogens with one attached hydrogen (secondary N) is 1. The van der Waals surface area contributed by atoms with Gasteiger partial charge in [0.2, 0.25) is 28.6 Å². The number of sulfonamides is 1. The highest BCUT2D eigenvalue weighted by molar-refractivity contribution is 7.92. The van der Waals surface area contributed by atoms with Crippen LogP contribution in [0.2, 0.25) is 0 Å². The van der Waals surface area contributed by atoms with Gasteiger partial charge in [0.1, 0.15) is 6.04 Å². The molecule has 2 atom stereocenters. The number of anilines is 1. The minimum Gasteiger partial charge on any atom is -0.454 e.